The van der Waals surface area contributed by atoms with Crippen molar-refractivity contribution in [3.8, 4) is 0 Å². The first-order chi connectivity index (χ1) is 6.44. The third-order valence-corrected chi connectivity index (χ3v) is 3.79. The molecule has 3 unspecified atom stereocenters. The van der Waals surface area contributed by atoms with Gasteiger partial charge in [0.05, 0.1) is 18.0 Å². The van der Waals surface area contributed by atoms with Crippen LogP contribution >= 0.6 is 0 Å². The summed E-state index contributed by atoms with van der Waals surface area (Å²) in [5.74, 6) is -0.961. The van der Waals surface area contributed by atoms with E-state index >= 15 is 0 Å². The molecule has 5 heteroatoms. The first-order valence-electron chi connectivity index (χ1n) is 4.24. The van der Waals surface area contributed by atoms with Gasteiger partial charge < -0.3 is 4.74 Å². The summed E-state index contributed by atoms with van der Waals surface area (Å²) in [6.45, 7) is 6.98. The van der Waals surface area contributed by atoms with Crippen molar-refractivity contribution in [1.29, 1.82) is 0 Å². The normalized spacial score (nSPS) is 35.2. The molecule has 4 nitrogen and oxygen atoms in total. The van der Waals surface area contributed by atoms with Crippen LogP contribution in [0, 0.1) is 5.92 Å². The Kier molecular flexibility index (Phi) is 3.11. The number of rotatable bonds is 2. The highest BCUT2D eigenvalue weighted by atomic mass is 32.2. The molecule has 1 rings (SSSR count). The number of methoxy groups -OCH3 is 1. The number of esters is 1. The molecule has 0 spiro atoms. The number of hydrogen-bond donors (Lipinski definition) is 0. The highest BCUT2D eigenvalue weighted by Crippen LogP contribution is 2.37. The van der Waals surface area contributed by atoms with Crippen LogP contribution in [0.1, 0.15) is 13.8 Å². The molecule has 14 heavy (non-hydrogen) atoms. The molecule has 0 aliphatic carbocycles. The van der Waals surface area contributed by atoms with Gasteiger partial charge in [-0.25, -0.2) is 4.21 Å². The molecule has 1 fully saturated rings. The summed E-state index contributed by atoms with van der Waals surface area (Å²) in [6.07, 6.45) is 1.48. The maximum atomic E-state index is 11.5. The average Bonchev–Trinajstić information content (AvgIpc) is 2.33. The fourth-order valence-corrected chi connectivity index (χ4v) is 3.04. The van der Waals surface area contributed by atoms with Crippen molar-refractivity contribution in [2.75, 3.05) is 7.11 Å². The second-order valence-electron chi connectivity index (χ2n) is 3.65. The van der Waals surface area contributed by atoms with E-state index in [9.17, 15) is 9.00 Å². The summed E-state index contributed by atoms with van der Waals surface area (Å²) in [6, 6.07) is 0. The van der Waals surface area contributed by atoms with Crippen LogP contribution in [0.25, 0.3) is 0 Å². The zero-order valence-corrected chi connectivity index (χ0v) is 9.30. The maximum absolute atomic E-state index is 11.5. The van der Waals surface area contributed by atoms with Crippen LogP contribution in [0.4, 0.5) is 0 Å². The Balaban J connectivity index is 3.03. The molecule has 0 saturated carbocycles. The van der Waals surface area contributed by atoms with Gasteiger partial charge >= 0.3 is 5.97 Å². The van der Waals surface area contributed by atoms with E-state index in [2.05, 4.69) is 11.3 Å². The van der Waals surface area contributed by atoms with E-state index in [-0.39, 0.29) is 0 Å². The molecule has 0 aromatic heterocycles. The van der Waals surface area contributed by atoms with Crippen molar-refractivity contribution in [3.63, 3.8) is 0 Å². The molecule has 3 atom stereocenters. The molecular weight excluding hydrogens is 204 g/mol. The van der Waals surface area contributed by atoms with Gasteiger partial charge in [0.15, 0.2) is 11.1 Å². The monoisotopic (exact) mass is 218 g/mol. The molecule has 0 N–H and O–H groups in total. The lowest BCUT2D eigenvalue weighted by molar-refractivity contribution is -0.149. The Morgan fingerprint density at radius 2 is 2.21 bits per heavy atom. The summed E-state index contributed by atoms with van der Waals surface area (Å²) in [5, 5.41) is -0.488. The minimum absolute atomic E-state index is 0.411. The van der Waals surface area contributed by atoms with Gasteiger partial charge in [0.1, 0.15) is 5.92 Å². The Bertz CT molecular complexity index is 285. The van der Waals surface area contributed by atoms with Crippen molar-refractivity contribution in [2.45, 2.75) is 24.7 Å². The van der Waals surface area contributed by atoms with Gasteiger partial charge in [0, 0.05) is 0 Å². The first-order valence-corrected chi connectivity index (χ1v) is 5.38. The number of hydrogen-bond acceptors (Lipinski definition) is 4. The van der Waals surface area contributed by atoms with Gasteiger partial charge in [-0.05, 0) is 13.8 Å². The third-order valence-electron chi connectivity index (χ3n) is 2.28. The van der Waals surface area contributed by atoms with E-state index in [1.807, 2.05) is 0 Å². The van der Waals surface area contributed by atoms with Crippen LogP contribution in [0.2, 0.25) is 0 Å². The number of carbonyl (C=O) groups is 1. The van der Waals surface area contributed by atoms with Crippen molar-refractivity contribution in [2.24, 2.45) is 5.92 Å². The van der Waals surface area contributed by atoms with Gasteiger partial charge in [0.25, 0.3) is 0 Å². The molecule has 0 amide bonds. The van der Waals surface area contributed by atoms with Crippen LogP contribution in [-0.2, 0) is 24.8 Å². The zero-order valence-electron chi connectivity index (χ0n) is 8.48. The SMILES string of the molecule is C=CC1C(C(=O)OC)C(C)(C)OS1=O. The molecule has 0 aromatic rings. The number of carbonyl (C=O) groups excluding carboxylic acids is 1. The van der Waals surface area contributed by atoms with Crippen LogP contribution in [0.15, 0.2) is 12.7 Å². The van der Waals surface area contributed by atoms with Crippen LogP contribution in [0.3, 0.4) is 0 Å². The zero-order chi connectivity index (χ0) is 10.9. The highest BCUT2D eigenvalue weighted by molar-refractivity contribution is 7.81. The van der Waals surface area contributed by atoms with Crippen molar-refractivity contribution >= 4 is 17.0 Å². The Hall–Kier alpha value is -0.680. The van der Waals surface area contributed by atoms with E-state index in [0.29, 0.717) is 0 Å². The van der Waals surface area contributed by atoms with Crippen LogP contribution in [-0.4, -0.2) is 28.1 Å². The minimum atomic E-state index is -1.50. The third kappa shape index (κ3) is 1.74. The van der Waals surface area contributed by atoms with Crippen molar-refractivity contribution in [1.82, 2.24) is 0 Å². The lowest BCUT2D eigenvalue weighted by Gasteiger charge is -2.22. The largest absolute Gasteiger partial charge is 0.469 e. The summed E-state index contributed by atoms with van der Waals surface area (Å²) in [7, 11) is 1.31. The minimum Gasteiger partial charge on any atom is -0.469 e. The second-order valence-corrected chi connectivity index (χ2v) is 4.88. The predicted molar refractivity (Wildman–Crippen MR) is 52.8 cm³/mol. The standard InChI is InChI=1S/C9H14O4S/c1-5-6-7(8(10)12-4)9(2,3)13-14(6)11/h5-7H,1H2,2-4H3. The smallest absolute Gasteiger partial charge is 0.313 e. The lowest BCUT2D eigenvalue weighted by Crippen LogP contribution is -2.38. The molecule has 1 heterocycles. The molecule has 0 aromatic carbocycles. The number of ether oxygens (including phenoxy) is 1. The molecule has 1 saturated heterocycles. The van der Waals surface area contributed by atoms with Crippen molar-refractivity contribution in [3.05, 3.63) is 12.7 Å². The van der Waals surface area contributed by atoms with Gasteiger partial charge in [0.2, 0.25) is 0 Å². The quantitative estimate of drug-likeness (QED) is 0.508. The van der Waals surface area contributed by atoms with E-state index in [0.717, 1.165) is 0 Å². The fourth-order valence-electron chi connectivity index (χ4n) is 1.59. The molecule has 1 aliphatic rings. The highest BCUT2D eigenvalue weighted by Gasteiger charge is 2.52. The summed E-state index contributed by atoms with van der Waals surface area (Å²) in [5.41, 5.74) is -0.767. The molecule has 1 aliphatic heterocycles. The molecule has 0 bridgehead atoms. The van der Waals surface area contributed by atoms with E-state index in [1.165, 1.54) is 13.2 Å². The average molecular weight is 218 g/mol. The summed E-state index contributed by atoms with van der Waals surface area (Å²) >= 11 is -1.50. The summed E-state index contributed by atoms with van der Waals surface area (Å²) in [4.78, 5) is 11.5. The Morgan fingerprint density at radius 3 is 2.64 bits per heavy atom. The van der Waals surface area contributed by atoms with Crippen LogP contribution in [0.5, 0.6) is 0 Å². The van der Waals surface area contributed by atoms with Crippen LogP contribution < -0.4 is 0 Å². The van der Waals surface area contributed by atoms with E-state index in [1.54, 1.807) is 13.8 Å². The molecule has 80 valence electrons. The van der Waals surface area contributed by atoms with Gasteiger partial charge in [-0.15, -0.1) is 6.58 Å². The topological polar surface area (TPSA) is 52.6 Å². The first kappa shape index (κ1) is 11.4. The predicted octanol–water partition coefficient (Wildman–Crippen LogP) is 0.803. The van der Waals surface area contributed by atoms with Gasteiger partial charge in [-0.1, -0.05) is 6.08 Å². The molecular formula is C9H14O4S. The fraction of sp³-hybridized carbons (Fsp3) is 0.667. The maximum Gasteiger partial charge on any atom is 0.313 e. The lowest BCUT2D eigenvalue weighted by atomic mass is 9.88. The van der Waals surface area contributed by atoms with Gasteiger partial charge in [-0.2, -0.15) is 0 Å². The van der Waals surface area contributed by atoms with E-state index < -0.39 is 33.8 Å². The van der Waals surface area contributed by atoms with E-state index in [4.69, 9.17) is 4.18 Å². The molecule has 0 radical (unpaired) electrons. The van der Waals surface area contributed by atoms with Crippen molar-refractivity contribution < 1.29 is 17.9 Å². The Morgan fingerprint density at radius 1 is 1.64 bits per heavy atom. The second kappa shape index (κ2) is 3.82. The summed E-state index contributed by atoms with van der Waals surface area (Å²) < 4.78 is 21.3. The Labute approximate surface area is 85.9 Å². The van der Waals surface area contributed by atoms with Gasteiger partial charge in [-0.3, -0.25) is 8.98 Å².